The summed E-state index contributed by atoms with van der Waals surface area (Å²) >= 11 is 1.48. The van der Waals surface area contributed by atoms with Crippen molar-refractivity contribution in [3.8, 4) is 17.0 Å². The van der Waals surface area contributed by atoms with E-state index < -0.39 is 5.97 Å². The van der Waals surface area contributed by atoms with Gasteiger partial charge in [-0.05, 0) is 42.0 Å². The molecular weight excluding hydrogens is 312 g/mol. The molecule has 6 heteroatoms. The van der Waals surface area contributed by atoms with Crippen molar-refractivity contribution in [2.45, 2.75) is 0 Å². The molecule has 116 valence electrons. The van der Waals surface area contributed by atoms with Gasteiger partial charge < -0.3 is 20.0 Å². The average molecular weight is 325 g/mol. The number of rotatable bonds is 5. The SMILES string of the molecule is COc1ccc(-c2csc(Nc3ccc(C(=O)[O-])cc3)n2)cc1. The van der Waals surface area contributed by atoms with E-state index in [0.717, 1.165) is 27.8 Å². The van der Waals surface area contributed by atoms with Gasteiger partial charge >= 0.3 is 0 Å². The number of carbonyl (C=O) groups excluding carboxylic acids is 1. The number of carbonyl (C=O) groups is 1. The minimum atomic E-state index is -1.19. The summed E-state index contributed by atoms with van der Waals surface area (Å²) in [6, 6.07) is 14.0. The zero-order valence-electron chi connectivity index (χ0n) is 12.3. The lowest BCUT2D eigenvalue weighted by Crippen LogP contribution is -2.21. The van der Waals surface area contributed by atoms with Crippen LogP contribution in [0.5, 0.6) is 5.75 Å². The van der Waals surface area contributed by atoms with E-state index in [4.69, 9.17) is 4.74 Å². The average Bonchev–Trinajstić information content (AvgIpc) is 3.04. The molecule has 0 aliphatic carbocycles. The molecule has 2 aromatic carbocycles. The van der Waals surface area contributed by atoms with Gasteiger partial charge in [0.25, 0.3) is 0 Å². The highest BCUT2D eigenvalue weighted by atomic mass is 32.1. The first-order valence-electron chi connectivity index (χ1n) is 6.84. The molecule has 3 aromatic rings. The van der Waals surface area contributed by atoms with Crippen molar-refractivity contribution >= 4 is 28.1 Å². The van der Waals surface area contributed by atoms with Crippen LogP contribution in [0.1, 0.15) is 10.4 Å². The standard InChI is InChI=1S/C17H14N2O3S/c1-22-14-8-4-11(5-9-14)15-10-23-17(19-15)18-13-6-2-12(3-7-13)16(20)21/h2-10H,1H3,(H,18,19)(H,20,21)/p-1. The molecule has 0 saturated heterocycles. The van der Waals surface area contributed by atoms with Gasteiger partial charge in [0.05, 0.1) is 18.8 Å². The third kappa shape index (κ3) is 3.49. The zero-order valence-corrected chi connectivity index (χ0v) is 13.1. The summed E-state index contributed by atoms with van der Waals surface area (Å²) in [5.74, 6) is -0.386. The molecule has 1 aromatic heterocycles. The van der Waals surface area contributed by atoms with E-state index in [1.54, 1.807) is 19.2 Å². The molecule has 0 atom stereocenters. The first kappa shape index (κ1) is 15.1. The summed E-state index contributed by atoms with van der Waals surface area (Å²) in [5, 5.41) is 16.6. The molecule has 23 heavy (non-hydrogen) atoms. The van der Waals surface area contributed by atoms with Crippen LogP contribution in [0.2, 0.25) is 0 Å². The predicted octanol–water partition coefficient (Wildman–Crippen LogP) is 2.93. The number of aromatic carboxylic acids is 1. The normalized spacial score (nSPS) is 10.3. The van der Waals surface area contributed by atoms with Crippen LogP contribution in [0.3, 0.4) is 0 Å². The number of hydrogen-bond acceptors (Lipinski definition) is 6. The van der Waals surface area contributed by atoms with Crippen LogP contribution < -0.4 is 15.2 Å². The Morgan fingerprint density at radius 3 is 2.43 bits per heavy atom. The number of thiazole rings is 1. The van der Waals surface area contributed by atoms with E-state index in [-0.39, 0.29) is 5.56 Å². The van der Waals surface area contributed by atoms with E-state index in [9.17, 15) is 9.90 Å². The molecular formula is C17H13N2O3S-. The number of hydrogen-bond donors (Lipinski definition) is 1. The number of carboxylic acids is 1. The number of carboxylic acid groups (broad SMARTS) is 1. The Kier molecular flexibility index (Phi) is 4.25. The quantitative estimate of drug-likeness (QED) is 0.781. The number of methoxy groups -OCH3 is 1. The van der Waals surface area contributed by atoms with Crippen LogP contribution in [-0.2, 0) is 0 Å². The van der Waals surface area contributed by atoms with Gasteiger partial charge in [-0.3, -0.25) is 0 Å². The molecule has 3 rings (SSSR count). The summed E-state index contributed by atoms with van der Waals surface area (Å²) in [6.45, 7) is 0. The fourth-order valence-corrected chi connectivity index (χ4v) is 2.78. The molecule has 0 aliphatic rings. The largest absolute Gasteiger partial charge is 0.545 e. The van der Waals surface area contributed by atoms with E-state index >= 15 is 0 Å². The van der Waals surface area contributed by atoms with E-state index in [2.05, 4.69) is 10.3 Å². The number of ether oxygens (including phenoxy) is 1. The summed E-state index contributed by atoms with van der Waals surface area (Å²) in [6.07, 6.45) is 0. The maximum absolute atomic E-state index is 10.7. The minimum Gasteiger partial charge on any atom is -0.545 e. The molecule has 1 N–H and O–H groups in total. The molecule has 0 saturated carbocycles. The van der Waals surface area contributed by atoms with E-state index in [1.165, 1.54) is 23.5 Å². The van der Waals surface area contributed by atoms with Crippen molar-refractivity contribution in [1.29, 1.82) is 0 Å². The third-order valence-electron chi connectivity index (χ3n) is 3.26. The maximum atomic E-state index is 10.7. The Bertz CT molecular complexity index is 811. The molecule has 0 spiro atoms. The molecule has 0 radical (unpaired) electrons. The third-order valence-corrected chi connectivity index (χ3v) is 4.02. The van der Waals surface area contributed by atoms with E-state index in [0.29, 0.717) is 0 Å². The fourth-order valence-electron chi connectivity index (χ4n) is 2.04. The number of aromatic nitrogens is 1. The molecule has 0 fully saturated rings. The highest BCUT2D eigenvalue weighted by molar-refractivity contribution is 7.14. The lowest BCUT2D eigenvalue weighted by Gasteiger charge is -2.05. The number of benzene rings is 2. The molecule has 0 bridgehead atoms. The molecule has 0 unspecified atom stereocenters. The van der Waals surface area contributed by atoms with Crippen molar-refractivity contribution in [3.05, 3.63) is 59.5 Å². The molecule has 5 nitrogen and oxygen atoms in total. The lowest BCUT2D eigenvalue weighted by molar-refractivity contribution is -0.255. The van der Waals surface area contributed by atoms with Gasteiger partial charge in [0.15, 0.2) is 5.13 Å². The second-order valence-electron chi connectivity index (χ2n) is 4.76. The minimum absolute atomic E-state index is 0.147. The van der Waals surface area contributed by atoms with Gasteiger partial charge in [-0.1, -0.05) is 12.1 Å². The first-order valence-corrected chi connectivity index (χ1v) is 7.72. The van der Waals surface area contributed by atoms with Gasteiger partial charge in [0.1, 0.15) is 5.75 Å². The summed E-state index contributed by atoms with van der Waals surface area (Å²) in [4.78, 5) is 15.3. The smallest absolute Gasteiger partial charge is 0.187 e. The van der Waals surface area contributed by atoms with E-state index in [1.807, 2.05) is 29.6 Å². The summed E-state index contributed by atoms with van der Waals surface area (Å²) in [7, 11) is 1.63. The Morgan fingerprint density at radius 2 is 1.83 bits per heavy atom. The van der Waals surface area contributed by atoms with Crippen LogP contribution in [0.15, 0.2) is 53.9 Å². The van der Waals surface area contributed by atoms with Crippen LogP contribution in [0, 0.1) is 0 Å². The van der Waals surface area contributed by atoms with Gasteiger partial charge in [0.2, 0.25) is 0 Å². The second kappa shape index (κ2) is 6.50. The summed E-state index contributed by atoms with van der Waals surface area (Å²) < 4.78 is 5.14. The van der Waals surface area contributed by atoms with Crippen molar-refractivity contribution < 1.29 is 14.6 Å². The maximum Gasteiger partial charge on any atom is 0.187 e. The monoisotopic (exact) mass is 325 g/mol. The fraction of sp³-hybridized carbons (Fsp3) is 0.0588. The highest BCUT2D eigenvalue weighted by Gasteiger charge is 2.05. The van der Waals surface area contributed by atoms with Gasteiger partial charge in [-0.2, -0.15) is 0 Å². The van der Waals surface area contributed by atoms with Crippen molar-refractivity contribution in [3.63, 3.8) is 0 Å². The van der Waals surface area contributed by atoms with Crippen molar-refractivity contribution in [2.24, 2.45) is 0 Å². The second-order valence-corrected chi connectivity index (χ2v) is 5.61. The Morgan fingerprint density at radius 1 is 1.13 bits per heavy atom. The predicted molar refractivity (Wildman–Crippen MR) is 88.2 cm³/mol. The molecule has 0 amide bonds. The van der Waals surface area contributed by atoms with Crippen LogP contribution in [0.25, 0.3) is 11.3 Å². The summed E-state index contributed by atoms with van der Waals surface area (Å²) in [5.41, 5.74) is 2.79. The van der Waals surface area contributed by atoms with Gasteiger partial charge in [-0.25, -0.2) is 4.98 Å². The van der Waals surface area contributed by atoms with Crippen LogP contribution in [-0.4, -0.2) is 18.1 Å². The van der Waals surface area contributed by atoms with Crippen molar-refractivity contribution in [1.82, 2.24) is 4.98 Å². The van der Waals surface area contributed by atoms with Crippen molar-refractivity contribution in [2.75, 3.05) is 12.4 Å². The van der Waals surface area contributed by atoms with Crippen LogP contribution in [0.4, 0.5) is 10.8 Å². The highest BCUT2D eigenvalue weighted by Crippen LogP contribution is 2.28. The number of nitrogens with one attached hydrogen (secondary N) is 1. The molecule has 1 heterocycles. The lowest BCUT2D eigenvalue weighted by atomic mass is 10.2. The van der Waals surface area contributed by atoms with Gasteiger partial charge in [0, 0.05) is 16.6 Å². The Hall–Kier alpha value is -2.86. The number of anilines is 2. The first-order chi connectivity index (χ1) is 11.2. The molecule has 0 aliphatic heterocycles. The van der Waals surface area contributed by atoms with Gasteiger partial charge in [-0.15, -0.1) is 11.3 Å². The Balaban J connectivity index is 1.74. The number of nitrogens with zero attached hydrogens (tertiary/aromatic N) is 1. The van der Waals surface area contributed by atoms with Crippen LogP contribution >= 0.6 is 11.3 Å². The Labute approximate surface area is 137 Å². The topological polar surface area (TPSA) is 74.3 Å². The zero-order chi connectivity index (χ0) is 16.2.